The highest BCUT2D eigenvalue weighted by molar-refractivity contribution is 5.78. The van der Waals surface area contributed by atoms with Crippen LogP contribution in [0.4, 0.5) is 0 Å². The van der Waals surface area contributed by atoms with Gasteiger partial charge in [-0.3, -0.25) is 9.69 Å². The van der Waals surface area contributed by atoms with Crippen molar-refractivity contribution in [1.82, 2.24) is 19.8 Å². The van der Waals surface area contributed by atoms with Gasteiger partial charge in [-0.2, -0.15) is 0 Å². The second-order valence-corrected chi connectivity index (χ2v) is 5.55. The van der Waals surface area contributed by atoms with Crippen LogP contribution in [0.5, 0.6) is 0 Å². The first-order chi connectivity index (χ1) is 10.2. The summed E-state index contributed by atoms with van der Waals surface area (Å²) in [7, 11) is 0. The number of nitrogens with one attached hydrogen (secondary N) is 1. The molecule has 1 N–H and O–H groups in total. The second-order valence-electron chi connectivity index (χ2n) is 5.55. The number of imidazole rings is 1. The van der Waals surface area contributed by atoms with Gasteiger partial charge in [0.15, 0.2) is 0 Å². The summed E-state index contributed by atoms with van der Waals surface area (Å²) in [5, 5.41) is 2.99. The minimum atomic E-state index is 0.0736. The number of carbonyl (C=O) groups excluding carboxylic acids is 1. The van der Waals surface area contributed by atoms with E-state index >= 15 is 0 Å². The standard InChI is InChI=1S/C16H20N4O/c1-13-3-2-4-14(7-13)8-18-16(21)11-19-5-6-20-12-17-9-15(20)10-19/h2-4,7,9,12H,5-6,8,10-11H2,1H3,(H,18,21). The Labute approximate surface area is 124 Å². The van der Waals surface area contributed by atoms with E-state index < -0.39 is 0 Å². The number of hydrogen-bond acceptors (Lipinski definition) is 3. The summed E-state index contributed by atoms with van der Waals surface area (Å²) < 4.78 is 2.14. The molecule has 5 heteroatoms. The molecular weight excluding hydrogens is 264 g/mol. The van der Waals surface area contributed by atoms with Gasteiger partial charge in [0.05, 0.1) is 18.6 Å². The number of rotatable bonds is 4. The Morgan fingerprint density at radius 2 is 2.29 bits per heavy atom. The molecule has 0 aliphatic carbocycles. The summed E-state index contributed by atoms with van der Waals surface area (Å²) >= 11 is 0. The Bertz CT molecular complexity index is 635. The highest BCUT2D eigenvalue weighted by atomic mass is 16.2. The highest BCUT2D eigenvalue weighted by Crippen LogP contribution is 2.10. The molecule has 1 aromatic heterocycles. The Hall–Kier alpha value is -2.14. The lowest BCUT2D eigenvalue weighted by Crippen LogP contribution is -2.40. The van der Waals surface area contributed by atoms with E-state index in [9.17, 15) is 4.79 Å². The monoisotopic (exact) mass is 284 g/mol. The van der Waals surface area contributed by atoms with E-state index in [1.807, 2.05) is 24.7 Å². The number of aromatic nitrogens is 2. The molecule has 21 heavy (non-hydrogen) atoms. The molecular formula is C16H20N4O. The molecule has 5 nitrogen and oxygen atoms in total. The van der Waals surface area contributed by atoms with Crippen molar-refractivity contribution in [2.45, 2.75) is 26.6 Å². The number of nitrogens with zero attached hydrogens (tertiary/aromatic N) is 3. The predicted molar refractivity (Wildman–Crippen MR) is 80.5 cm³/mol. The van der Waals surface area contributed by atoms with E-state index in [0.29, 0.717) is 13.1 Å². The maximum absolute atomic E-state index is 12.0. The van der Waals surface area contributed by atoms with Gasteiger partial charge in [-0.1, -0.05) is 29.8 Å². The normalized spacial score (nSPS) is 14.7. The van der Waals surface area contributed by atoms with Crippen molar-refractivity contribution in [2.75, 3.05) is 13.1 Å². The van der Waals surface area contributed by atoms with Crippen LogP contribution in [0, 0.1) is 6.92 Å². The van der Waals surface area contributed by atoms with E-state index in [0.717, 1.165) is 25.2 Å². The quantitative estimate of drug-likeness (QED) is 0.921. The van der Waals surface area contributed by atoms with Crippen molar-refractivity contribution < 1.29 is 4.79 Å². The summed E-state index contributed by atoms with van der Waals surface area (Å²) in [6.45, 7) is 5.67. The van der Waals surface area contributed by atoms with Crippen LogP contribution in [0.25, 0.3) is 0 Å². The molecule has 2 heterocycles. The number of benzene rings is 1. The van der Waals surface area contributed by atoms with Crippen molar-refractivity contribution in [3.63, 3.8) is 0 Å². The lowest BCUT2D eigenvalue weighted by Gasteiger charge is -2.27. The maximum atomic E-state index is 12.0. The fourth-order valence-corrected chi connectivity index (χ4v) is 2.66. The SMILES string of the molecule is Cc1cccc(CNC(=O)CN2CCn3cncc3C2)c1. The highest BCUT2D eigenvalue weighted by Gasteiger charge is 2.17. The largest absolute Gasteiger partial charge is 0.351 e. The Kier molecular flexibility index (Phi) is 4.01. The van der Waals surface area contributed by atoms with Crippen LogP contribution < -0.4 is 5.32 Å². The van der Waals surface area contributed by atoms with Crippen LogP contribution in [0.3, 0.4) is 0 Å². The van der Waals surface area contributed by atoms with E-state index in [1.165, 1.54) is 11.3 Å². The third kappa shape index (κ3) is 3.49. The van der Waals surface area contributed by atoms with Gasteiger partial charge in [0.1, 0.15) is 0 Å². The molecule has 0 radical (unpaired) electrons. The molecule has 0 saturated carbocycles. The third-order valence-electron chi connectivity index (χ3n) is 3.78. The molecule has 110 valence electrons. The maximum Gasteiger partial charge on any atom is 0.234 e. The Morgan fingerprint density at radius 1 is 1.38 bits per heavy atom. The molecule has 0 atom stereocenters. The van der Waals surface area contributed by atoms with Gasteiger partial charge in [0.2, 0.25) is 5.91 Å². The molecule has 0 unspecified atom stereocenters. The lowest BCUT2D eigenvalue weighted by molar-refractivity contribution is -0.122. The van der Waals surface area contributed by atoms with Crippen molar-refractivity contribution in [3.05, 3.63) is 53.6 Å². The van der Waals surface area contributed by atoms with Gasteiger partial charge < -0.3 is 9.88 Å². The summed E-state index contributed by atoms with van der Waals surface area (Å²) in [5.74, 6) is 0.0736. The van der Waals surface area contributed by atoms with Crippen LogP contribution in [-0.2, 0) is 24.4 Å². The van der Waals surface area contributed by atoms with Crippen molar-refractivity contribution >= 4 is 5.91 Å². The summed E-state index contributed by atoms with van der Waals surface area (Å²) in [6.07, 6.45) is 3.72. The fourth-order valence-electron chi connectivity index (χ4n) is 2.66. The van der Waals surface area contributed by atoms with Gasteiger partial charge in [-0.15, -0.1) is 0 Å². The minimum Gasteiger partial charge on any atom is -0.351 e. The zero-order chi connectivity index (χ0) is 14.7. The second kappa shape index (κ2) is 6.10. The molecule has 0 saturated heterocycles. The Balaban J connectivity index is 1.49. The van der Waals surface area contributed by atoms with Gasteiger partial charge >= 0.3 is 0 Å². The van der Waals surface area contributed by atoms with Gasteiger partial charge in [-0.05, 0) is 12.5 Å². The minimum absolute atomic E-state index is 0.0736. The van der Waals surface area contributed by atoms with E-state index in [-0.39, 0.29) is 5.91 Å². The van der Waals surface area contributed by atoms with Gasteiger partial charge in [-0.25, -0.2) is 4.98 Å². The van der Waals surface area contributed by atoms with Crippen molar-refractivity contribution in [1.29, 1.82) is 0 Å². The van der Waals surface area contributed by atoms with Crippen LogP contribution in [-0.4, -0.2) is 33.4 Å². The summed E-state index contributed by atoms with van der Waals surface area (Å²) in [6, 6.07) is 8.21. The average molecular weight is 284 g/mol. The molecule has 1 aliphatic rings. The molecule has 1 aromatic carbocycles. The molecule has 3 rings (SSSR count). The molecule has 1 amide bonds. The third-order valence-corrected chi connectivity index (χ3v) is 3.78. The molecule has 0 fully saturated rings. The van der Waals surface area contributed by atoms with E-state index in [2.05, 4.69) is 38.8 Å². The Morgan fingerprint density at radius 3 is 3.14 bits per heavy atom. The van der Waals surface area contributed by atoms with Crippen LogP contribution in [0.1, 0.15) is 16.8 Å². The van der Waals surface area contributed by atoms with Crippen LogP contribution in [0.15, 0.2) is 36.8 Å². The molecule has 0 bridgehead atoms. The number of hydrogen-bond donors (Lipinski definition) is 1. The van der Waals surface area contributed by atoms with Gasteiger partial charge in [0.25, 0.3) is 0 Å². The lowest BCUT2D eigenvalue weighted by atomic mass is 10.1. The first kappa shape index (κ1) is 13.8. The predicted octanol–water partition coefficient (Wildman–Crippen LogP) is 1.32. The zero-order valence-corrected chi connectivity index (χ0v) is 12.2. The zero-order valence-electron chi connectivity index (χ0n) is 12.2. The average Bonchev–Trinajstić information content (AvgIpc) is 2.93. The topological polar surface area (TPSA) is 50.2 Å². The molecule has 2 aromatic rings. The number of carbonyl (C=O) groups is 1. The van der Waals surface area contributed by atoms with Crippen molar-refractivity contribution in [2.24, 2.45) is 0 Å². The van der Waals surface area contributed by atoms with E-state index in [1.54, 1.807) is 0 Å². The van der Waals surface area contributed by atoms with Crippen LogP contribution >= 0.6 is 0 Å². The summed E-state index contributed by atoms with van der Waals surface area (Å²) in [5.41, 5.74) is 3.53. The van der Waals surface area contributed by atoms with Gasteiger partial charge in [0, 0.05) is 32.4 Å². The molecule has 1 aliphatic heterocycles. The van der Waals surface area contributed by atoms with E-state index in [4.69, 9.17) is 0 Å². The first-order valence-electron chi connectivity index (χ1n) is 7.24. The smallest absolute Gasteiger partial charge is 0.234 e. The van der Waals surface area contributed by atoms with Crippen molar-refractivity contribution in [3.8, 4) is 0 Å². The fraction of sp³-hybridized carbons (Fsp3) is 0.375. The molecule has 0 spiro atoms. The number of aryl methyl sites for hydroxylation is 1. The number of fused-ring (bicyclic) bond motifs is 1. The number of amides is 1. The van der Waals surface area contributed by atoms with Crippen LogP contribution in [0.2, 0.25) is 0 Å². The first-order valence-corrected chi connectivity index (χ1v) is 7.24. The summed E-state index contributed by atoms with van der Waals surface area (Å²) in [4.78, 5) is 18.3.